The Morgan fingerprint density at radius 1 is 1.56 bits per heavy atom. The molecular formula is C12H21BrN4O. The Bertz CT molecular complexity index is 371. The van der Waals surface area contributed by atoms with E-state index in [1.807, 2.05) is 4.68 Å². The van der Waals surface area contributed by atoms with E-state index in [1.165, 1.54) is 0 Å². The van der Waals surface area contributed by atoms with Crippen molar-refractivity contribution >= 4 is 15.9 Å². The smallest absolute Gasteiger partial charge is 0.141 e. The van der Waals surface area contributed by atoms with Gasteiger partial charge < -0.3 is 4.74 Å². The standard InChI is InChI=1S/C12H21BrN4O/c1-3-4-17-12(14-9-15-17)7-16-6-11(5-13)18-8-10(16)2/h9-11H,3-8H2,1-2H3. The van der Waals surface area contributed by atoms with Crippen LogP contribution in [0.3, 0.4) is 0 Å². The van der Waals surface area contributed by atoms with Crippen LogP contribution in [0, 0.1) is 0 Å². The van der Waals surface area contributed by atoms with Crippen LogP contribution in [0.4, 0.5) is 0 Å². The highest BCUT2D eigenvalue weighted by Crippen LogP contribution is 2.15. The molecule has 1 aliphatic heterocycles. The number of nitrogens with zero attached hydrogens (tertiary/aromatic N) is 4. The quantitative estimate of drug-likeness (QED) is 0.775. The molecule has 0 aromatic carbocycles. The average molecular weight is 317 g/mol. The van der Waals surface area contributed by atoms with Crippen LogP contribution in [0.2, 0.25) is 0 Å². The molecule has 0 amide bonds. The van der Waals surface area contributed by atoms with E-state index < -0.39 is 0 Å². The molecule has 1 aliphatic rings. The van der Waals surface area contributed by atoms with Crippen molar-refractivity contribution in [2.45, 2.75) is 45.5 Å². The molecule has 2 unspecified atom stereocenters. The highest BCUT2D eigenvalue weighted by Gasteiger charge is 2.26. The fourth-order valence-electron chi connectivity index (χ4n) is 2.18. The van der Waals surface area contributed by atoms with E-state index in [2.05, 4.69) is 44.8 Å². The normalized spacial score (nSPS) is 25.5. The van der Waals surface area contributed by atoms with Gasteiger partial charge in [-0.1, -0.05) is 22.9 Å². The number of hydrogen-bond donors (Lipinski definition) is 0. The number of ether oxygens (including phenoxy) is 1. The van der Waals surface area contributed by atoms with E-state index in [0.29, 0.717) is 6.04 Å². The minimum Gasteiger partial charge on any atom is -0.374 e. The second-order valence-corrected chi connectivity index (χ2v) is 5.43. The molecule has 2 rings (SSSR count). The summed E-state index contributed by atoms with van der Waals surface area (Å²) in [5.74, 6) is 1.05. The van der Waals surface area contributed by atoms with E-state index in [1.54, 1.807) is 6.33 Å². The highest BCUT2D eigenvalue weighted by atomic mass is 79.9. The van der Waals surface area contributed by atoms with Crippen LogP contribution in [-0.2, 0) is 17.8 Å². The third-order valence-electron chi connectivity index (χ3n) is 3.28. The second kappa shape index (κ2) is 6.63. The maximum atomic E-state index is 5.74. The van der Waals surface area contributed by atoms with Crippen molar-refractivity contribution < 1.29 is 4.74 Å². The molecule has 0 saturated carbocycles. The zero-order valence-electron chi connectivity index (χ0n) is 11.0. The molecule has 102 valence electrons. The Morgan fingerprint density at radius 3 is 3.11 bits per heavy atom. The van der Waals surface area contributed by atoms with Gasteiger partial charge in [0, 0.05) is 24.5 Å². The molecule has 0 aliphatic carbocycles. The van der Waals surface area contributed by atoms with Gasteiger partial charge >= 0.3 is 0 Å². The zero-order valence-corrected chi connectivity index (χ0v) is 12.6. The van der Waals surface area contributed by atoms with Crippen LogP contribution in [0.25, 0.3) is 0 Å². The van der Waals surface area contributed by atoms with Gasteiger partial charge in [0.15, 0.2) is 0 Å². The van der Waals surface area contributed by atoms with Gasteiger partial charge in [0.25, 0.3) is 0 Å². The molecule has 1 fully saturated rings. The summed E-state index contributed by atoms with van der Waals surface area (Å²) in [5.41, 5.74) is 0. The number of morpholine rings is 1. The van der Waals surface area contributed by atoms with Crippen molar-refractivity contribution in [2.75, 3.05) is 18.5 Å². The first-order chi connectivity index (χ1) is 8.74. The summed E-state index contributed by atoms with van der Waals surface area (Å²) in [7, 11) is 0. The summed E-state index contributed by atoms with van der Waals surface area (Å²) in [5, 5.41) is 5.16. The van der Waals surface area contributed by atoms with E-state index in [-0.39, 0.29) is 6.10 Å². The summed E-state index contributed by atoms with van der Waals surface area (Å²) in [6.45, 7) is 7.89. The van der Waals surface area contributed by atoms with Crippen molar-refractivity contribution in [3.63, 3.8) is 0 Å². The first-order valence-corrected chi connectivity index (χ1v) is 7.65. The number of alkyl halides is 1. The van der Waals surface area contributed by atoms with Gasteiger partial charge in [-0.2, -0.15) is 5.10 Å². The Labute approximate surface area is 117 Å². The molecule has 2 atom stereocenters. The third kappa shape index (κ3) is 3.30. The molecule has 18 heavy (non-hydrogen) atoms. The molecular weight excluding hydrogens is 296 g/mol. The van der Waals surface area contributed by atoms with Crippen molar-refractivity contribution in [1.82, 2.24) is 19.7 Å². The topological polar surface area (TPSA) is 43.2 Å². The van der Waals surface area contributed by atoms with Gasteiger partial charge in [-0.25, -0.2) is 9.67 Å². The molecule has 0 bridgehead atoms. The first kappa shape index (κ1) is 14.0. The predicted octanol–water partition coefficient (Wildman–Crippen LogP) is 1.67. The molecule has 0 N–H and O–H groups in total. The fourth-order valence-corrected chi connectivity index (χ4v) is 2.57. The van der Waals surface area contributed by atoms with Crippen LogP contribution >= 0.6 is 15.9 Å². The van der Waals surface area contributed by atoms with E-state index >= 15 is 0 Å². The second-order valence-electron chi connectivity index (χ2n) is 4.79. The number of halogens is 1. The zero-order chi connectivity index (χ0) is 13.0. The number of aryl methyl sites for hydroxylation is 1. The van der Waals surface area contributed by atoms with Gasteiger partial charge in [0.1, 0.15) is 12.2 Å². The maximum Gasteiger partial charge on any atom is 0.141 e. The van der Waals surface area contributed by atoms with Crippen molar-refractivity contribution in [2.24, 2.45) is 0 Å². The minimum atomic E-state index is 0.281. The van der Waals surface area contributed by atoms with Gasteiger partial charge in [0.05, 0.1) is 19.3 Å². The molecule has 1 aromatic rings. The Hall–Kier alpha value is -0.460. The van der Waals surface area contributed by atoms with E-state index in [0.717, 1.165) is 43.8 Å². The van der Waals surface area contributed by atoms with E-state index in [4.69, 9.17) is 4.74 Å². The largest absolute Gasteiger partial charge is 0.374 e. The maximum absolute atomic E-state index is 5.74. The SMILES string of the molecule is CCCn1ncnc1CN1CC(CBr)OCC1C. The first-order valence-electron chi connectivity index (χ1n) is 6.52. The third-order valence-corrected chi connectivity index (χ3v) is 4.00. The highest BCUT2D eigenvalue weighted by molar-refractivity contribution is 9.09. The minimum absolute atomic E-state index is 0.281. The van der Waals surface area contributed by atoms with Crippen LogP contribution < -0.4 is 0 Å². The molecule has 2 heterocycles. The summed E-state index contributed by atoms with van der Waals surface area (Å²) in [4.78, 5) is 6.79. The van der Waals surface area contributed by atoms with Crippen molar-refractivity contribution in [3.8, 4) is 0 Å². The Balaban J connectivity index is 2.00. The Morgan fingerprint density at radius 2 is 2.39 bits per heavy atom. The fraction of sp³-hybridized carbons (Fsp3) is 0.833. The number of rotatable bonds is 5. The van der Waals surface area contributed by atoms with Crippen LogP contribution in [0.15, 0.2) is 6.33 Å². The summed E-state index contributed by atoms with van der Waals surface area (Å²) in [6, 6.07) is 0.437. The van der Waals surface area contributed by atoms with Crippen LogP contribution in [0.5, 0.6) is 0 Å². The number of aromatic nitrogens is 3. The lowest BCUT2D eigenvalue weighted by Gasteiger charge is -2.37. The molecule has 6 heteroatoms. The van der Waals surface area contributed by atoms with E-state index in [9.17, 15) is 0 Å². The van der Waals surface area contributed by atoms with Crippen molar-refractivity contribution in [1.29, 1.82) is 0 Å². The van der Waals surface area contributed by atoms with Gasteiger partial charge in [-0.05, 0) is 13.3 Å². The predicted molar refractivity (Wildman–Crippen MR) is 73.7 cm³/mol. The van der Waals surface area contributed by atoms with Gasteiger partial charge in [0.2, 0.25) is 0 Å². The lowest BCUT2D eigenvalue weighted by molar-refractivity contribution is -0.0512. The van der Waals surface area contributed by atoms with Gasteiger partial charge in [-0.3, -0.25) is 4.90 Å². The summed E-state index contributed by atoms with van der Waals surface area (Å²) >= 11 is 3.49. The van der Waals surface area contributed by atoms with Crippen molar-refractivity contribution in [3.05, 3.63) is 12.2 Å². The lowest BCUT2D eigenvalue weighted by atomic mass is 10.2. The molecule has 1 saturated heterocycles. The van der Waals surface area contributed by atoms with Crippen LogP contribution in [0.1, 0.15) is 26.1 Å². The molecule has 5 nitrogen and oxygen atoms in total. The monoisotopic (exact) mass is 316 g/mol. The molecule has 0 radical (unpaired) electrons. The summed E-state index contributed by atoms with van der Waals surface area (Å²) < 4.78 is 7.74. The summed E-state index contributed by atoms with van der Waals surface area (Å²) in [6.07, 6.45) is 3.01. The van der Waals surface area contributed by atoms with Gasteiger partial charge in [-0.15, -0.1) is 0 Å². The molecule has 1 aromatic heterocycles. The number of hydrogen-bond acceptors (Lipinski definition) is 4. The Kier molecular flexibility index (Phi) is 5.14. The lowest BCUT2D eigenvalue weighted by Crippen LogP contribution is -2.48. The van der Waals surface area contributed by atoms with Crippen LogP contribution in [-0.4, -0.2) is 50.3 Å². The average Bonchev–Trinajstić information content (AvgIpc) is 2.80. The molecule has 0 spiro atoms.